The Hall–Kier alpha value is -3.24. The van der Waals surface area contributed by atoms with Crippen molar-refractivity contribution in [1.82, 2.24) is 10.2 Å². The van der Waals surface area contributed by atoms with E-state index in [2.05, 4.69) is 20.9 Å². The molecule has 1 fully saturated rings. The zero-order chi connectivity index (χ0) is 28.3. The number of hydrogen-bond donors (Lipinski definition) is 3. The highest BCUT2D eigenvalue weighted by atomic mass is 35.5. The van der Waals surface area contributed by atoms with Gasteiger partial charge in [0.25, 0.3) is 11.8 Å². The topological polar surface area (TPSA) is 82.7 Å². The molecular formula is C29H28Cl2F2N4O3. The van der Waals surface area contributed by atoms with Crippen LogP contribution in [0.4, 0.5) is 20.2 Å². The number of anilines is 2. The lowest BCUT2D eigenvalue weighted by atomic mass is 9.84. The van der Waals surface area contributed by atoms with Gasteiger partial charge in [-0.25, -0.2) is 8.78 Å². The molecule has 1 atom stereocenters. The molecule has 2 amide bonds. The van der Waals surface area contributed by atoms with Gasteiger partial charge in [-0.2, -0.15) is 0 Å². The summed E-state index contributed by atoms with van der Waals surface area (Å²) in [7, 11) is 0. The van der Waals surface area contributed by atoms with Crippen LogP contribution in [0.25, 0.3) is 0 Å². The fourth-order valence-corrected chi connectivity index (χ4v) is 5.52. The van der Waals surface area contributed by atoms with Gasteiger partial charge in [0.05, 0.1) is 24.5 Å². The minimum atomic E-state index is -1.47. The average Bonchev–Trinajstić information content (AvgIpc) is 3.18. The third kappa shape index (κ3) is 6.07. The monoisotopic (exact) mass is 588 g/mol. The molecule has 0 aromatic heterocycles. The summed E-state index contributed by atoms with van der Waals surface area (Å²) in [6, 6.07) is 13.7. The summed E-state index contributed by atoms with van der Waals surface area (Å²) in [5, 5.41) is 9.65. The number of carbonyl (C=O) groups is 2. The Bertz CT molecular complexity index is 1430. The summed E-state index contributed by atoms with van der Waals surface area (Å²) >= 11 is 12.4. The molecule has 0 aliphatic carbocycles. The largest absolute Gasteiger partial charge is 0.379 e. The van der Waals surface area contributed by atoms with Gasteiger partial charge in [0.2, 0.25) is 0 Å². The van der Waals surface area contributed by atoms with Crippen molar-refractivity contribution in [2.24, 2.45) is 0 Å². The van der Waals surface area contributed by atoms with Crippen molar-refractivity contribution in [3.63, 3.8) is 0 Å². The van der Waals surface area contributed by atoms with Gasteiger partial charge >= 0.3 is 0 Å². The first-order valence-electron chi connectivity index (χ1n) is 13.0. The van der Waals surface area contributed by atoms with E-state index in [1.54, 1.807) is 36.4 Å². The molecule has 3 aromatic rings. The number of hydrogen-bond acceptors (Lipinski definition) is 5. The normalized spacial score (nSPS) is 18.8. The first-order valence-corrected chi connectivity index (χ1v) is 13.7. The van der Waals surface area contributed by atoms with E-state index in [1.807, 2.05) is 6.07 Å². The molecule has 0 spiro atoms. The molecule has 3 aromatic carbocycles. The first kappa shape index (κ1) is 28.3. The summed E-state index contributed by atoms with van der Waals surface area (Å²) in [6.45, 7) is 4.12. The van der Waals surface area contributed by atoms with Crippen LogP contribution in [0.15, 0.2) is 54.6 Å². The van der Waals surface area contributed by atoms with E-state index in [9.17, 15) is 18.4 Å². The van der Waals surface area contributed by atoms with E-state index >= 15 is 0 Å². The van der Waals surface area contributed by atoms with Crippen LogP contribution in [0, 0.1) is 11.6 Å². The molecule has 1 unspecified atom stereocenters. The molecule has 7 nitrogen and oxygen atoms in total. The average molecular weight is 589 g/mol. The summed E-state index contributed by atoms with van der Waals surface area (Å²) in [4.78, 5) is 29.1. The van der Waals surface area contributed by atoms with Crippen molar-refractivity contribution in [1.29, 1.82) is 0 Å². The molecule has 0 radical (unpaired) electrons. The van der Waals surface area contributed by atoms with Crippen LogP contribution in [0.3, 0.4) is 0 Å². The predicted octanol–water partition coefficient (Wildman–Crippen LogP) is 5.23. The van der Waals surface area contributed by atoms with Gasteiger partial charge < -0.3 is 20.7 Å². The number of nitrogens with one attached hydrogen (secondary N) is 3. The number of fused-ring (bicyclic) bond motifs is 1. The predicted molar refractivity (Wildman–Crippen MR) is 151 cm³/mol. The Morgan fingerprint density at radius 1 is 1.02 bits per heavy atom. The van der Waals surface area contributed by atoms with Crippen molar-refractivity contribution in [2.45, 2.75) is 18.4 Å². The summed E-state index contributed by atoms with van der Waals surface area (Å²) in [5.74, 6) is -3.35. The quantitative estimate of drug-likeness (QED) is 0.298. The molecule has 2 aliphatic rings. The highest BCUT2D eigenvalue weighted by Crippen LogP contribution is 2.43. The van der Waals surface area contributed by atoms with Gasteiger partial charge in [-0.3, -0.25) is 14.5 Å². The van der Waals surface area contributed by atoms with Crippen LogP contribution >= 0.6 is 23.2 Å². The Morgan fingerprint density at radius 2 is 1.77 bits per heavy atom. The van der Waals surface area contributed by atoms with Crippen molar-refractivity contribution in [3.05, 3.63) is 93.0 Å². The van der Waals surface area contributed by atoms with Crippen LogP contribution in [0.1, 0.15) is 27.9 Å². The maximum atomic E-state index is 14.6. The zero-order valence-corrected chi connectivity index (χ0v) is 23.0. The summed E-state index contributed by atoms with van der Waals surface area (Å²) in [5.41, 5.74) is 0.123. The molecule has 40 heavy (non-hydrogen) atoms. The number of carbonyl (C=O) groups excluding carboxylic acids is 2. The van der Waals surface area contributed by atoms with Gasteiger partial charge in [0.1, 0.15) is 5.54 Å². The standard InChI is InChI=1S/C29H28Cl2F2N4O3/c30-19-4-1-3-18(13-19)17-29(22-6-5-20(31)14-26(22)35-28(29)39)36-25-16-24(33)23(32)15-21(25)27(38)34-7-2-8-37-9-11-40-12-10-37/h1,3-6,13-16,36H,2,7-12,17H2,(H,34,38)(H,35,39). The molecule has 2 heterocycles. The van der Waals surface area contributed by atoms with E-state index < -0.39 is 29.0 Å². The van der Waals surface area contributed by atoms with Crippen molar-refractivity contribution in [3.8, 4) is 0 Å². The summed E-state index contributed by atoms with van der Waals surface area (Å²) < 4.78 is 34.3. The highest BCUT2D eigenvalue weighted by Gasteiger charge is 2.47. The molecule has 0 bridgehead atoms. The second kappa shape index (κ2) is 12.1. The van der Waals surface area contributed by atoms with Gasteiger partial charge in [0, 0.05) is 53.4 Å². The molecule has 5 rings (SSSR count). The van der Waals surface area contributed by atoms with E-state index in [0.29, 0.717) is 47.5 Å². The van der Waals surface area contributed by atoms with E-state index in [-0.39, 0.29) is 17.7 Å². The zero-order valence-electron chi connectivity index (χ0n) is 21.5. The highest BCUT2D eigenvalue weighted by molar-refractivity contribution is 6.31. The minimum Gasteiger partial charge on any atom is -0.379 e. The number of ether oxygens (including phenoxy) is 1. The van der Waals surface area contributed by atoms with Crippen LogP contribution in [0.5, 0.6) is 0 Å². The molecule has 1 saturated heterocycles. The molecule has 2 aliphatic heterocycles. The summed E-state index contributed by atoms with van der Waals surface area (Å²) in [6.07, 6.45) is 0.779. The van der Waals surface area contributed by atoms with Gasteiger partial charge in [0.15, 0.2) is 11.6 Å². The minimum absolute atomic E-state index is 0.0236. The van der Waals surface area contributed by atoms with Crippen LogP contribution in [-0.4, -0.2) is 56.1 Å². The molecule has 11 heteroatoms. The third-order valence-electron chi connectivity index (χ3n) is 7.13. The Kier molecular flexibility index (Phi) is 8.56. The third-order valence-corrected chi connectivity index (χ3v) is 7.60. The van der Waals surface area contributed by atoms with Crippen molar-refractivity contribution < 1.29 is 23.1 Å². The van der Waals surface area contributed by atoms with Crippen molar-refractivity contribution in [2.75, 3.05) is 50.0 Å². The maximum absolute atomic E-state index is 14.6. The van der Waals surface area contributed by atoms with E-state index in [1.165, 1.54) is 0 Å². The van der Waals surface area contributed by atoms with Crippen LogP contribution in [0.2, 0.25) is 10.0 Å². The molecule has 3 N–H and O–H groups in total. The molecular weight excluding hydrogens is 561 g/mol. The number of amides is 2. The number of rotatable bonds is 9. The first-order chi connectivity index (χ1) is 19.2. The van der Waals surface area contributed by atoms with Gasteiger partial charge in [-0.1, -0.05) is 41.4 Å². The Morgan fingerprint density at radius 3 is 2.55 bits per heavy atom. The Balaban J connectivity index is 1.45. The van der Waals surface area contributed by atoms with Gasteiger partial charge in [-0.15, -0.1) is 0 Å². The fourth-order valence-electron chi connectivity index (χ4n) is 5.13. The van der Waals surface area contributed by atoms with Crippen LogP contribution in [-0.2, 0) is 21.5 Å². The second-order valence-corrected chi connectivity index (χ2v) is 10.7. The lowest BCUT2D eigenvalue weighted by Gasteiger charge is -2.31. The number of halogens is 4. The van der Waals surface area contributed by atoms with Crippen molar-refractivity contribution >= 4 is 46.4 Å². The maximum Gasteiger partial charge on any atom is 0.255 e. The molecule has 0 saturated carbocycles. The number of nitrogens with zero attached hydrogens (tertiary/aromatic N) is 1. The van der Waals surface area contributed by atoms with E-state index in [4.69, 9.17) is 27.9 Å². The number of morpholine rings is 1. The second-order valence-electron chi connectivity index (χ2n) is 9.86. The van der Waals surface area contributed by atoms with Crippen LogP contribution < -0.4 is 16.0 Å². The Labute approximate surface area is 240 Å². The van der Waals surface area contributed by atoms with E-state index in [0.717, 1.165) is 37.3 Å². The van der Waals surface area contributed by atoms with Gasteiger partial charge in [-0.05, 0) is 48.9 Å². The number of benzene rings is 3. The SMILES string of the molecule is O=C(NCCCN1CCOCC1)c1cc(F)c(F)cc1NC1(Cc2cccc(Cl)c2)C(=O)Nc2cc(Cl)ccc21. The molecule has 210 valence electrons. The smallest absolute Gasteiger partial charge is 0.255 e. The lowest BCUT2D eigenvalue weighted by molar-refractivity contribution is -0.119. The lowest BCUT2D eigenvalue weighted by Crippen LogP contribution is -2.45. The fraction of sp³-hybridized carbons (Fsp3) is 0.310.